The van der Waals surface area contributed by atoms with Crippen molar-refractivity contribution >= 4 is 15.9 Å². The average Bonchev–Trinajstić information content (AvgIpc) is 2.75. The van der Waals surface area contributed by atoms with Crippen LogP contribution in [-0.4, -0.2) is 45.0 Å². The first kappa shape index (κ1) is 26.3. The average molecular weight is 473 g/mol. The maximum atomic E-state index is 5.83. The standard InChI is InChI=1S/C24H41BrO4/c1-2-3-4-5-6-7-8-9-10-11-17-28-23-12-14-24(15-13-23)29-22-21-27-20-19-26-18-16-25/h12-15H,2-11,16-22H2,1H3. The van der Waals surface area contributed by atoms with E-state index >= 15 is 0 Å². The Morgan fingerprint density at radius 3 is 1.55 bits per heavy atom. The molecule has 0 fully saturated rings. The van der Waals surface area contributed by atoms with Crippen molar-refractivity contribution in [3.63, 3.8) is 0 Å². The lowest BCUT2D eigenvalue weighted by Gasteiger charge is -2.09. The molecule has 0 spiro atoms. The van der Waals surface area contributed by atoms with E-state index in [4.69, 9.17) is 18.9 Å². The molecule has 0 atom stereocenters. The van der Waals surface area contributed by atoms with E-state index in [9.17, 15) is 0 Å². The summed E-state index contributed by atoms with van der Waals surface area (Å²) in [5.74, 6) is 1.75. The van der Waals surface area contributed by atoms with Gasteiger partial charge < -0.3 is 18.9 Å². The minimum absolute atomic E-state index is 0.539. The van der Waals surface area contributed by atoms with E-state index < -0.39 is 0 Å². The van der Waals surface area contributed by atoms with Crippen LogP contribution < -0.4 is 9.47 Å². The Labute approximate surface area is 186 Å². The van der Waals surface area contributed by atoms with Gasteiger partial charge in [0.15, 0.2) is 0 Å². The van der Waals surface area contributed by atoms with E-state index in [0.29, 0.717) is 33.0 Å². The van der Waals surface area contributed by atoms with Gasteiger partial charge in [-0.25, -0.2) is 0 Å². The molecule has 0 N–H and O–H groups in total. The molecular formula is C24H41BrO4. The molecule has 1 rings (SSSR count). The molecule has 0 amide bonds. The number of unbranched alkanes of at least 4 members (excludes halogenated alkanes) is 9. The predicted octanol–water partition coefficient (Wildman–Crippen LogP) is 6.79. The van der Waals surface area contributed by atoms with E-state index in [-0.39, 0.29) is 0 Å². The van der Waals surface area contributed by atoms with Crippen LogP contribution in [0.4, 0.5) is 0 Å². The zero-order valence-electron chi connectivity index (χ0n) is 18.3. The summed E-state index contributed by atoms with van der Waals surface area (Å²) in [4.78, 5) is 0. The summed E-state index contributed by atoms with van der Waals surface area (Å²) in [6.45, 7) is 6.10. The van der Waals surface area contributed by atoms with Crippen LogP contribution in [0.3, 0.4) is 0 Å². The molecule has 5 heteroatoms. The van der Waals surface area contributed by atoms with Gasteiger partial charge in [0.2, 0.25) is 0 Å². The molecule has 4 nitrogen and oxygen atoms in total. The van der Waals surface area contributed by atoms with Gasteiger partial charge in [0.1, 0.15) is 18.1 Å². The maximum Gasteiger partial charge on any atom is 0.119 e. The van der Waals surface area contributed by atoms with Crippen LogP contribution in [0.1, 0.15) is 71.1 Å². The van der Waals surface area contributed by atoms with Crippen LogP contribution in [0.2, 0.25) is 0 Å². The Bertz CT molecular complexity index is 453. The van der Waals surface area contributed by atoms with Crippen molar-refractivity contribution in [2.75, 3.05) is 45.0 Å². The van der Waals surface area contributed by atoms with Crippen LogP contribution in [0, 0.1) is 0 Å². The van der Waals surface area contributed by atoms with Crippen molar-refractivity contribution in [1.82, 2.24) is 0 Å². The molecule has 0 heterocycles. The van der Waals surface area contributed by atoms with E-state index in [1.54, 1.807) is 0 Å². The monoisotopic (exact) mass is 472 g/mol. The van der Waals surface area contributed by atoms with Crippen molar-refractivity contribution in [1.29, 1.82) is 0 Å². The summed E-state index contributed by atoms with van der Waals surface area (Å²) in [6.07, 6.45) is 13.4. The maximum absolute atomic E-state index is 5.83. The lowest BCUT2D eigenvalue weighted by Crippen LogP contribution is -2.11. The predicted molar refractivity (Wildman–Crippen MR) is 125 cm³/mol. The van der Waals surface area contributed by atoms with E-state index in [1.807, 2.05) is 24.3 Å². The zero-order valence-corrected chi connectivity index (χ0v) is 19.9. The van der Waals surface area contributed by atoms with Crippen molar-refractivity contribution in [2.24, 2.45) is 0 Å². The molecule has 0 aromatic heterocycles. The molecule has 0 unspecified atom stereocenters. The quantitative estimate of drug-likeness (QED) is 0.145. The normalized spacial score (nSPS) is 11.0. The fourth-order valence-electron chi connectivity index (χ4n) is 3.01. The molecule has 1 aromatic rings. The number of ether oxygens (including phenoxy) is 4. The van der Waals surface area contributed by atoms with Gasteiger partial charge in [-0.2, -0.15) is 0 Å². The van der Waals surface area contributed by atoms with Gasteiger partial charge in [0.05, 0.1) is 33.0 Å². The third kappa shape index (κ3) is 16.7. The fraction of sp³-hybridized carbons (Fsp3) is 0.750. The highest BCUT2D eigenvalue weighted by Crippen LogP contribution is 2.18. The number of rotatable bonds is 21. The highest BCUT2D eigenvalue weighted by atomic mass is 79.9. The summed E-state index contributed by atoms with van der Waals surface area (Å²) in [6, 6.07) is 7.85. The lowest BCUT2D eigenvalue weighted by atomic mass is 10.1. The molecule has 0 radical (unpaired) electrons. The van der Waals surface area contributed by atoms with Crippen molar-refractivity contribution in [3.8, 4) is 11.5 Å². The molecule has 0 aliphatic rings. The second-order valence-electron chi connectivity index (χ2n) is 7.26. The van der Waals surface area contributed by atoms with Gasteiger partial charge in [-0.15, -0.1) is 0 Å². The van der Waals surface area contributed by atoms with Crippen LogP contribution in [0.5, 0.6) is 11.5 Å². The van der Waals surface area contributed by atoms with Gasteiger partial charge in [-0.05, 0) is 30.7 Å². The Morgan fingerprint density at radius 1 is 0.552 bits per heavy atom. The minimum Gasteiger partial charge on any atom is -0.494 e. The number of benzene rings is 1. The molecule has 1 aromatic carbocycles. The number of hydrogen-bond donors (Lipinski definition) is 0. The molecule has 29 heavy (non-hydrogen) atoms. The molecule has 0 saturated carbocycles. The summed E-state index contributed by atoms with van der Waals surface area (Å²) >= 11 is 3.32. The van der Waals surface area contributed by atoms with Crippen LogP contribution in [0.25, 0.3) is 0 Å². The second-order valence-corrected chi connectivity index (χ2v) is 8.06. The Kier molecular flexibility index (Phi) is 18.6. The molecular weight excluding hydrogens is 432 g/mol. The lowest BCUT2D eigenvalue weighted by molar-refractivity contribution is 0.0414. The van der Waals surface area contributed by atoms with Gasteiger partial charge in [-0.1, -0.05) is 80.6 Å². The highest BCUT2D eigenvalue weighted by molar-refractivity contribution is 9.09. The van der Waals surface area contributed by atoms with Gasteiger partial charge in [-0.3, -0.25) is 0 Å². The third-order valence-corrected chi connectivity index (χ3v) is 5.00. The van der Waals surface area contributed by atoms with Crippen LogP contribution in [0.15, 0.2) is 24.3 Å². The minimum atomic E-state index is 0.539. The fourth-order valence-corrected chi connectivity index (χ4v) is 3.24. The van der Waals surface area contributed by atoms with Crippen LogP contribution >= 0.6 is 15.9 Å². The summed E-state index contributed by atoms with van der Waals surface area (Å²) in [5.41, 5.74) is 0. The number of alkyl halides is 1. The first-order valence-electron chi connectivity index (χ1n) is 11.4. The highest BCUT2D eigenvalue weighted by Gasteiger charge is 1.98. The van der Waals surface area contributed by atoms with Gasteiger partial charge >= 0.3 is 0 Å². The summed E-state index contributed by atoms with van der Waals surface area (Å²) in [7, 11) is 0. The molecule has 0 aliphatic heterocycles. The van der Waals surface area contributed by atoms with E-state index in [2.05, 4.69) is 22.9 Å². The first-order chi connectivity index (χ1) is 14.4. The van der Waals surface area contributed by atoms with Crippen molar-refractivity contribution in [2.45, 2.75) is 71.1 Å². The van der Waals surface area contributed by atoms with E-state index in [0.717, 1.165) is 29.9 Å². The third-order valence-electron chi connectivity index (χ3n) is 4.68. The summed E-state index contributed by atoms with van der Waals surface area (Å²) < 4.78 is 22.3. The molecule has 0 aliphatic carbocycles. The van der Waals surface area contributed by atoms with Crippen LogP contribution in [-0.2, 0) is 9.47 Å². The largest absolute Gasteiger partial charge is 0.494 e. The Morgan fingerprint density at radius 2 is 1.00 bits per heavy atom. The molecule has 0 bridgehead atoms. The van der Waals surface area contributed by atoms with Crippen molar-refractivity contribution in [3.05, 3.63) is 24.3 Å². The topological polar surface area (TPSA) is 36.9 Å². The number of hydrogen-bond acceptors (Lipinski definition) is 4. The van der Waals surface area contributed by atoms with Gasteiger partial charge in [0.25, 0.3) is 0 Å². The second kappa shape index (κ2) is 20.5. The zero-order chi connectivity index (χ0) is 20.8. The Hall–Kier alpha value is -0.780. The molecule has 168 valence electrons. The SMILES string of the molecule is CCCCCCCCCCCCOc1ccc(OCCOCCOCCBr)cc1. The smallest absolute Gasteiger partial charge is 0.119 e. The Balaban J connectivity index is 1.92. The van der Waals surface area contributed by atoms with Crippen molar-refractivity contribution < 1.29 is 18.9 Å². The number of halogens is 1. The van der Waals surface area contributed by atoms with E-state index in [1.165, 1.54) is 57.8 Å². The summed E-state index contributed by atoms with van der Waals surface area (Å²) in [5, 5.41) is 0.856. The first-order valence-corrected chi connectivity index (χ1v) is 12.6. The van der Waals surface area contributed by atoms with Gasteiger partial charge in [0, 0.05) is 5.33 Å². The molecule has 0 saturated heterocycles.